The highest BCUT2D eigenvalue weighted by molar-refractivity contribution is 7.22. The Morgan fingerprint density at radius 1 is 1.00 bits per heavy atom. The maximum Gasteiger partial charge on any atom is 0.334 e. The molecule has 224 valence electrons. The first kappa shape index (κ1) is 30.7. The summed E-state index contributed by atoms with van der Waals surface area (Å²) in [7, 11) is 0. The first-order valence-electron chi connectivity index (χ1n) is 13.9. The number of hydrogen-bond acceptors (Lipinski definition) is 6. The summed E-state index contributed by atoms with van der Waals surface area (Å²) in [5.74, 6) is -1.41. The number of carbonyl (C=O) groups is 3. The Hall–Kier alpha value is -3.70. The Kier molecular flexibility index (Phi) is 9.82. The lowest BCUT2D eigenvalue weighted by Crippen LogP contribution is -2.36. The van der Waals surface area contributed by atoms with E-state index in [-0.39, 0.29) is 6.54 Å². The largest absolute Gasteiger partial charge is 0.479 e. The van der Waals surface area contributed by atoms with Crippen LogP contribution in [0.5, 0.6) is 0 Å². The third-order valence-electron chi connectivity index (χ3n) is 7.45. The number of carboxylic acid groups (broad SMARTS) is 1. The van der Waals surface area contributed by atoms with Gasteiger partial charge in [-0.2, -0.15) is 0 Å². The molecule has 1 aliphatic carbocycles. The fraction of sp³-hybridized carbons (Fsp3) is 0.290. The lowest BCUT2D eigenvalue weighted by molar-refractivity contribution is -0.146. The van der Waals surface area contributed by atoms with E-state index in [1.54, 1.807) is 41.3 Å². The number of aromatic nitrogens is 1. The fourth-order valence-corrected chi connectivity index (χ4v) is 6.71. The summed E-state index contributed by atoms with van der Waals surface area (Å²) in [5, 5.41) is 24.8. The van der Waals surface area contributed by atoms with Crippen molar-refractivity contribution in [1.29, 1.82) is 0 Å². The van der Waals surface area contributed by atoms with E-state index in [0.29, 0.717) is 37.9 Å². The van der Waals surface area contributed by atoms with Gasteiger partial charge in [0.15, 0.2) is 11.2 Å². The molecule has 0 spiro atoms. The molecule has 0 bridgehead atoms. The second-order valence-electron chi connectivity index (χ2n) is 10.5. The molecule has 3 amide bonds. The Balaban J connectivity index is 1.36. The number of amides is 3. The summed E-state index contributed by atoms with van der Waals surface area (Å²) < 4.78 is 0.751. The number of thiazole rings is 1. The van der Waals surface area contributed by atoms with E-state index in [1.165, 1.54) is 49.0 Å². The van der Waals surface area contributed by atoms with E-state index in [4.69, 9.17) is 28.3 Å². The van der Waals surface area contributed by atoms with Crippen LogP contribution in [0.4, 0.5) is 15.6 Å². The molecule has 1 heterocycles. The molecule has 0 saturated heterocycles. The molecule has 4 N–H and O–H groups in total. The number of anilines is 2. The van der Waals surface area contributed by atoms with Crippen molar-refractivity contribution in [3.63, 3.8) is 0 Å². The van der Waals surface area contributed by atoms with Crippen LogP contribution in [-0.4, -0.2) is 45.8 Å². The summed E-state index contributed by atoms with van der Waals surface area (Å²) in [6, 6.07) is 17.6. The van der Waals surface area contributed by atoms with Gasteiger partial charge in [-0.25, -0.2) is 14.6 Å². The Bertz CT molecular complexity index is 1620. The number of aliphatic hydroxyl groups is 1. The molecular formula is C31H30Cl2N4O5S. The van der Waals surface area contributed by atoms with Crippen molar-refractivity contribution in [2.75, 3.05) is 16.8 Å². The zero-order valence-corrected chi connectivity index (χ0v) is 25.4. The van der Waals surface area contributed by atoms with E-state index in [1.807, 2.05) is 12.1 Å². The highest BCUT2D eigenvalue weighted by Gasteiger charge is 2.21. The van der Waals surface area contributed by atoms with Gasteiger partial charge < -0.3 is 15.5 Å². The summed E-state index contributed by atoms with van der Waals surface area (Å²) in [6.45, 7) is -0.213. The number of aliphatic hydroxyl groups excluding tert-OH is 1. The molecule has 9 nitrogen and oxygen atoms in total. The van der Waals surface area contributed by atoms with Crippen LogP contribution in [0.2, 0.25) is 10.0 Å². The van der Waals surface area contributed by atoms with Gasteiger partial charge in [-0.3, -0.25) is 15.0 Å². The zero-order valence-electron chi connectivity index (χ0n) is 23.1. The minimum atomic E-state index is -1.69. The second kappa shape index (κ2) is 13.7. The van der Waals surface area contributed by atoms with Gasteiger partial charge in [0.05, 0.1) is 22.8 Å². The second-order valence-corrected chi connectivity index (χ2v) is 12.3. The number of rotatable bonds is 9. The van der Waals surface area contributed by atoms with Gasteiger partial charge in [0.1, 0.15) is 5.52 Å². The van der Waals surface area contributed by atoms with Crippen molar-refractivity contribution in [3.05, 3.63) is 87.4 Å². The predicted octanol–water partition coefficient (Wildman–Crippen LogP) is 7.06. The third kappa shape index (κ3) is 7.64. The topological polar surface area (TPSA) is 132 Å². The van der Waals surface area contributed by atoms with Gasteiger partial charge in [-0.15, -0.1) is 0 Å². The van der Waals surface area contributed by atoms with Crippen molar-refractivity contribution in [2.24, 2.45) is 0 Å². The number of carboxylic acids is 1. The maximum absolute atomic E-state index is 13.7. The molecular weight excluding hydrogens is 611 g/mol. The van der Waals surface area contributed by atoms with Gasteiger partial charge in [0, 0.05) is 16.3 Å². The SMILES string of the molecule is O=C(NC[C@@H](O)C(=O)O)c1ccc(CN(C(=O)Nc2nc3c(Cl)cc(Cl)cc3s2)c2ccc(C3CCCCC3)cc2)cc1. The molecule has 0 aliphatic heterocycles. The number of nitrogens with one attached hydrogen (secondary N) is 2. The first-order valence-corrected chi connectivity index (χ1v) is 15.5. The first-order chi connectivity index (χ1) is 20.7. The van der Waals surface area contributed by atoms with Gasteiger partial charge in [-0.1, -0.05) is 78.1 Å². The molecule has 1 aliphatic rings. The van der Waals surface area contributed by atoms with Crippen molar-refractivity contribution < 1.29 is 24.6 Å². The van der Waals surface area contributed by atoms with Crippen molar-refractivity contribution in [3.8, 4) is 0 Å². The van der Waals surface area contributed by atoms with Crippen LogP contribution >= 0.6 is 34.5 Å². The van der Waals surface area contributed by atoms with E-state index in [2.05, 4.69) is 27.8 Å². The third-order valence-corrected chi connectivity index (χ3v) is 8.88. The predicted molar refractivity (Wildman–Crippen MR) is 170 cm³/mol. The van der Waals surface area contributed by atoms with Crippen molar-refractivity contribution in [1.82, 2.24) is 10.3 Å². The maximum atomic E-state index is 13.7. The number of nitrogens with zero attached hydrogens (tertiary/aromatic N) is 2. The number of benzene rings is 3. The molecule has 12 heteroatoms. The Labute approximate surface area is 262 Å². The number of aliphatic carboxylic acids is 1. The standard InChI is InChI=1S/C31H30Cl2N4O5S/c32-22-14-24(33)27-26(15-22)43-30(35-27)36-31(42)37(23-12-10-20(11-13-23)19-4-2-1-3-5-19)17-18-6-8-21(9-7-18)28(39)34-16-25(38)29(40)41/h6-15,19,25,38H,1-5,16-17H2,(H,34,39)(H,40,41)(H,35,36,42)/t25-/m1/s1. The van der Waals surface area contributed by atoms with Gasteiger partial charge in [-0.05, 0) is 66.3 Å². The minimum absolute atomic E-state index is 0.200. The Morgan fingerprint density at radius 2 is 1.70 bits per heavy atom. The van der Waals surface area contributed by atoms with Crippen LogP contribution in [0.3, 0.4) is 0 Å². The number of urea groups is 1. The van der Waals surface area contributed by atoms with Gasteiger partial charge in [0.2, 0.25) is 0 Å². The molecule has 3 aromatic carbocycles. The van der Waals surface area contributed by atoms with Crippen LogP contribution in [0, 0.1) is 0 Å². The van der Waals surface area contributed by atoms with E-state index < -0.39 is 30.6 Å². The van der Waals surface area contributed by atoms with Crippen LogP contribution in [0.1, 0.15) is 59.5 Å². The summed E-state index contributed by atoms with van der Waals surface area (Å²) in [4.78, 5) is 43.0. The molecule has 43 heavy (non-hydrogen) atoms. The smallest absolute Gasteiger partial charge is 0.334 e. The van der Waals surface area contributed by atoms with Gasteiger partial charge in [0.25, 0.3) is 5.91 Å². The number of fused-ring (bicyclic) bond motifs is 1. The fourth-order valence-electron chi connectivity index (χ4n) is 5.14. The van der Waals surface area contributed by atoms with E-state index >= 15 is 0 Å². The lowest BCUT2D eigenvalue weighted by atomic mass is 9.84. The number of halogens is 2. The highest BCUT2D eigenvalue weighted by Crippen LogP contribution is 2.35. The zero-order chi connectivity index (χ0) is 30.5. The normalized spacial score (nSPS) is 14.3. The molecule has 1 aromatic heterocycles. The van der Waals surface area contributed by atoms with Crippen LogP contribution in [-0.2, 0) is 11.3 Å². The molecule has 4 aromatic rings. The highest BCUT2D eigenvalue weighted by atomic mass is 35.5. The van der Waals surface area contributed by atoms with Crippen molar-refractivity contribution >= 4 is 73.5 Å². The number of carbonyl (C=O) groups excluding carboxylic acids is 2. The lowest BCUT2D eigenvalue weighted by Gasteiger charge is -2.25. The van der Waals surface area contributed by atoms with E-state index in [0.717, 1.165) is 10.3 Å². The molecule has 5 rings (SSSR count). The summed E-state index contributed by atoms with van der Waals surface area (Å²) >= 11 is 13.7. The summed E-state index contributed by atoms with van der Waals surface area (Å²) in [5.41, 5.74) is 3.57. The quantitative estimate of drug-likeness (QED) is 0.155. The average molecular weight is 642 g/mol. The van der Waals surface area contributed by atoms with Crippen molar-refractivity contribution in [2.45, 2.75) is 50.7 Å². The molecule has 0 unspecified atom stereocenters. The number of hydrogen-bond donors (Lipinski definition) is 4. The minimum Gasteiger partial charge on any atom is -0.479 e. The van der Waals surface area contributed by atoms with Crippen LogP contribution in [0.25, 0.3) is 10.2 Å². The van der Waals surface area contributed by atoms with E-state index in [9.17, 15) is 19.5 Å². The van der Waals surface area contributed by atoms with Crippen LogP contribution in [0.15, 0.2) is 60.7 Å². The molecule has 1 atom stereocenters. The molecule has 0 radical (unpaired) electrons. The van der Waals surface area contributed by atoms with Crippen LogP contribution < -0.4 is 15.5 Å². The monoisotopic (exact) mass is 640 g/mol. The van der Waals surface area contributed by atoms with Gasteiger partial charge >= 0.3 is 12.0 Å². The molecule has 1 fully saturated rings. The average Bonchev–Trinajstić information content (AvgIpc) is 3.41. The Morgan fingerprint density at radius 3 is 2.37 bits per heavy atom. The summed E-state index contributed by atoms with van der Waals surface area (Å²) in [6.07, 6.45) is 4.38. The molecule has 1 saturated carbocycles.